The predicted molar refractivity (Wildman–Crippen MR) is 98.2 cm³/mol. The lowest BCUT2D eigenvalue weighted by Gasteiger charge is -2.11. The molecule has 146 valence electrons. The standard InChI is InChI=1S/C19H14ClF3N2O3/c1-27-16-8-11(7-15(20)17(16)28-2)6-12(10-24)18(26)25-14-5-3-4-13(9-14)19(21,22)23/h3-9H,1-2H3,(H,25,26). The van der Waals surface area contributed by atoms with E-state index in [4.69, 9.17) is 21.1 Å². The first kappa shape index (κ1) is 21.1. The zero-order valence-electron chi connectivity index (χ0n) is 14.7. The van der Waals surface area contributed by atoms with Crippen LogP contribution in [0.25, 0.3) is 6.08 Å². The fraction of sp³-hybridized carbons (Fsp3) is 0.158. The number of alkyl halides is 3. The quantitative estimate of drug-likeness (QED) is 0.561. The molecule has 28 heavy (non-hydrogen) atoms. The molecule has 0 unspecified atom stereocenters. The third kappa shape index (κ3) is 4.96. The number of benzene rings is 2. The number of rotatable bonds is 5. The van der Waals surface area contributed by atoms with Crippen LogP contribution in [-0.2, 0) is 11.0 Å². The fourth-order valence-electron chi connectivity index (χ4n) is 2.31. The van der Waals surface area contributed by atoms with Crippen LogP contribution >= 0.6 is 11.6 Å². The van der Waals surface area contributed by atoms with Gasteiger partial charge in [-0.2, -0.15) is 18.4 Å². The molecule has 0 aliphatic heterocycles. The zero-order valence-corrected chi connectivity index (χ0v) is 15.5. The van der Waals surface area contributed by atoms with Crippen LogP contribution < -0.4 is 14.8 Å². The highest BCUT2D eigenvalue weighted by Crippen LogP contribution is 2.36. The molecule has 2 aromatic carbocycles. The predicted octanol–water partition coefficient (Wildman–Crippen LogP) is 4.92. The van der Waals surface area contributed by atoms with Crippen LogP contribution in [0.1, 0.15) is 11.1 Å². The normalized spacial score (nSPS) is 11.5. The Balaban J connectivity index is 2.32. The van der Waals surface area contributed by atoms with Crippen LogP contribution in [-0.4, -0.2) is 20.1 Å². The van der Waals surface area contributed by atoms with Crippen molar-refractivity contribution in [2.75, 3.05) is 19.5 Å². The van der Waals surface area contributed by atoms with Gasteiger partial charge in [-0.05, 0) is 42.0 Å². The number of nitrogens with one attached hydrogen (secondary N) is 1. The minimum atomic E-state index is -4.55. The van der Waals surface area contributed by atoms with Crippen molar-refractivity contribution in [3.63, 3.8) is 0 Å². The molecule has 2 aromatic rings. The minimum absolute atomic E-state index is 0.0914. The topological polar surface area (TPSA) is 71.3 Å². The van der Waals surface area contributed by atoms with Gasteiger partial charge >= 0.3 is 6.18 Å². The monoisotopic (exact) mass is 410 g/mol. The van der Waals surface area contributed by atoms with Crippen molar-refractivity contribution in [2.24, 2.45) is 0 Å². The van der Waals surface area contributed by atoms with Gasteiger partial charge < -0.3 is 14.8 Å². The average Bonchev–Trinajstić information content (AvgIpc) is 2.65. The van der Waals surface area contributed by atoms with Crippen molar-refractivity contribution in [3.8, 4) is 17.6 Å². The average molecular weight is 411 g/mol. The molecular weight excluding hydrogens is 397 g/mol. The second-order valence-electron chi connectivity index (χ2n) is 5.44. The van der Waals surface area contributed by atoms with Crippen LogP contribution in [0, 0.1) is 11.3 Å². The molecule has 2 rings (SSSR count). The number of nitrogens with zero attached hydrogens (tertiary/aromatic N) is 1. The molecule has 0 saturated heterocycles. The Kier molecular flexibility index (Phi) is 6.54. The summed E-state index contributed by atoms with van der Waals surface area (Å²) in [7, 11) is 2.80. The van der Waals surface area contributed by atoms with Crippen molar-refractivity contribution < 1.29 is 27.4 Å². The molecule has 0 aliphatic carbocycles. The molecule has 9 heteroatoms. The third-order valence-corrected chi connectivity index (χ3v) is 3.86. The van der Waals surface area contributed by atoms with Crippen molar-refractivity contribution in [3.05, 3.63) is 58.1 Å². The lowest BCUT2D eigenvalue weighted by atomic mass is 10.1. The maximum Gasteiger partial charge on any atom is 0.416 e. The van der Waals surface area contributed by atoms with E-state index in [9.17, 15) is 23.2 Å². The van der Waals surface area contributed by atoms with Crippen LogP contribution in [0.4, 0.5) is 18.9 Å². The number of amides is 1. The molecule has 1 amide bonds. The number of methoxy groups -OCH3 is 2. The van der Waals surface area contributed by atoms with E-state index in [1.807, 2.05) is 0 Å². The Hall–Kier alpha value is -3.18. The van der Waals surface area contributed by atoms with Crippen LogP contribution in [0.3, 0.4) is 0 Å². The fourth-order valence-corrected chi connectivity index (χ4v) is 2.60. The molecule has 5 nitrogen and oxygen atoms in total. The van der Waals surface area contributed by atoms with E-state index >= 15 is 0 Å². The zero-order chi connectivity index (χ0) is 20.9. The van der Waals surface area contributed by atoms with Crippen molar-refractivity contribution in [1.82, 2.24) is 0 Å². The van der Waals surface area contributed by atoms with Gasteiger partial charge in [0.25, 0.3) is 5.91 Å². The molecule has 1 N–H and O–H groups in total. The molecule has 0 fully saturated rings. The third-order valence-electron chi connectivity index (χ3n) is 3.58. The van der Waals surface area contributed by atoms with Crippen LogP contribution in [0.5, 0.6) is 11.5 Å². The van der Waals surface area contributed by atoms with E-state index in [-0.39, 0.29) is 27.8 Å². The van der Waals surface area contributed by atoms with Gasteiger partial charge in [0.1, 0.15) is 11.6 Å². The van der Waals surface area contributed by atoms with Crippen molar-refractivity contribution >= 4 is 29.3 Å². The Morgan fingerprint density at radius 2 is 1.93 bits per heavy atom. The number of nitriles is 1. The number of anilines is 1. The van der Waals surface area contributed by atoms with E-state index in [0.717, 1.165) is 18.2 Å². The number of ether oxygens (including phenoxy) is 2. The molecule has 0 bridgehead atoms. The summed E-state index contributed by atoms with van der Waals surface area (Å²) >= 11 is 6.09. The number of halogens is 4. The van der Waals surface area contributed by atoms with Gasteiger partial charge in [-0.25, -0.2) is 0 Å². The summed E-state index contributed by atoms with van der Waals surface area (Å²) in [5, 5.41) is 11.7. The number of hydrogen-bond donors (Lipinski definition) is 1. The van der Waals surface area contributed by atoms with Gasteiger partial charge in [0.15, 0.2) is 11.5 Å². The van der Waals surface area contributed by atoms with Crippen molar-refractivity contribution in [1.29, 1.82) is 5.26 Å². The lowest BCUT2D eigenvalue weighted by molar-refractivity contribution is -0.137. The summed E-state index contributed by atoms with van der Waals surface area (Å²) in [5.74, 6) is -0.294. The van der Waals surface area contributed by atoms with E-state index < -0.39 is 17.6 Å². The molecular formula is C19H14ClF3N2O3. The summed E-state index contributed by atoms with van der Waals surface area (Å²) in [6.45, 7) is 0. The SMILES string of the molecule is COc1cc(C=C(C#N)C(=O)Nc2cccc(C(F)(F)F)c2)cc(Cl)c1OC. The van der Waals surface area contributed by atoms with Crippen LogP contribution in [0.15, 0.2) is 42.0 Å². The Morgan fingerprint density at radius 3 is 2.50 bits per heavy atom. The van der Waals surface area contributed by atoms with Crippen LogP contribution in [0.2, 0.25) is 5.02 Å². The summed E-state index contributed by atoms with van der Waals surface area (Å²) < 4.78 is 48.6. The first-order chi connectivity index (χ1) is 13.2. The largest absolute Gasteiger partial charge is 0.493 e. The van der Waals surface area contributed by atoms with Gasteiger partial charge in [-0.3, -0.25) is 4.79 Å². The molecule has 0 heterocycles. The Labute approximate surface area is 163 Å². The smallest absolute Gasteiger partial charge is 0.416 e. The van der Waals surface area contributed by atoms with Crippen molar-refractivity contribution in [2.45, 2.75) is 6.18 Å². The maximum atomic E-state index is 12.8. The Bertz CT molecular complexity index is 966. The summed E-state index contributed by atoms with van der Waals surface area (Å²) in [4.78, 5) is 12.3. The van der Waals surface area contributed by atoms with Gasteiger partial charge in [-0.15, -0.1) is 0 Å². The number of carbonyl (C=O) groups excluding carboxylic acids is 1. The Morgan fingerprint density at radius 1 is 1.21 bits per heavy atom. The number of hydrogen-bond acceptors (Lipinski definition) is 4. The van der Waals surface area contributed by atoms with E-state index in [0.29, 0.717) is 5.56 Å². The number of carbonyl (C=O) groups is 1. The summed E-state index contributed by atoms with van der Waals surface area (Å²) in [6, 6.07) is 8.77. The second kappa shape index (κ2) is 8.67. The first-order valence-electron chi connectivity index (χ1n) is 7.71. The van der Waals surface area contributed by atoms with Gasteiger partial charge in [0.2, 0.25) is 0 Å². The van der Waals surface area contributed by atoms with E-state index in [2.05, 4.69) is 5.32 Å². The second-order valence-corrected chi connectivity index (χ2v) is 5.85. The molecule has 0 aromatic heterocycles. The van der Waals surface area contributed by atoms with Gasteiger partial charge in [-0.1, -0.05) is 17.7 Å². The first-order valence-corrected chi connectivity index (χ1v) is 8.09. The van der Waals surface area contributed by atoms with E-state index in [1.54, 1.807) is 6.07 Å². The summed E-state index contributed by atoms with van der Waals surface area (Å²) in [5.41, 5.74) is -0.968. The lowest BCUT2D eigenvalue weighted by Crippen LogP contribution is -2.14. The highest BCUT2D eigenvalue weighted by atomic mass is 35.5. The molecule has 0 spiro atoms. The summed E-state index contributed by atoms with van der Waals surface area (Å²) in [6.07, 6.45) is -3.32. The van der Waals surface area contributed by atoms with Gasteiger partial charge in [0.05, 0.1) is 24.8 Å². The molecule has 0 saturated carbocycles. The highest BCUT2D eigenvalue weighted by Gasteiger charge is 2.30. The highest BCUT2D eigenvalue weighted by molar-refractivity contribution is 6.32. The minimum Gasteiger partial charge on any atom is -0.493 e. The maximum absolute atomic E-state index is 12.8. The van der Waals surface area contributed by atoms with Gasteiger partial charge in [0, 0.05) is 5.69 Å². The molecule has 0 aliphatic rings. The molecule has 0 atom stereocenters. The molecule has 0 radical (unpaired) electrons. The van der Waals surface area contributed by atoms with E-state index in [1.165, 1.54) is 38.5 Å².